The molecule has 0 spiro atoms. The van der Waals surface area contributed by atoms with Gasteiger partial charge in [0.05, 0.1) is 6.04 Å². The first-order valence-electron chi connectivity index (χ1n) is 7.18. The summed E-state index contributed by atoms with van der Waals surface area (Å²) in [5.74, 6) is -0.129. The standard InChI is InChI=1S/C17H19N3O/c18-13-8-12(9-14(19)10-13)17(21)20-16-7-3-5-11-4-1-2-6-15(11)16/h1-2,4,6,8-10,16H,3,5,7,18-19H2,(H,20,21). The number of hydrogen-bond donors (Lipinski definition) is 3. The number of nitrogens with one attached hydrogen (secondary N) is 1. The first-order chi connectivity index (χ1) is 10.1. The highest BCUT2D eigenvalue weighted by Crippen LogP contribution is 2.29. The van der Waals surface area contributed by atoms with Gasteiger partial charge in [0.1, 0.15) is 0 Å². The predicted molar refractivity (Wildman–Crippen MR) is 84.9 cm³/mol. The molecule has 1 atom stereocenters. The highest BCUT2D eigenvalue weighted by Gasteiger charge is 2.22. The summed E-state index contributed by atoms with van der Waals surface area (Å²) in [6.45, 7) is 0. The van der Waals surface area contributed by atoms with Crippen LogP contribution in [0, 0.1) is 0 Å². The summed E-state index contributed by atoms with van der Waals surface area (Å²) in [4.78, 5) is 12.4. The van der Waals surface area contributed by atoms with Crippen LogP contribution in [0.1, 0.15) is 40.4 Å². The number of amides is 1. The molecule has 2 aromatic rings. The van der Waals surface area contributed by atoms with Gasteiger partial charge in [0.2, 0.25) is 0 Å². The van der Waals surface area contributed by atoms with Gasteiger partial charge in [0, 0.05) is 16.9 Å². The minimum atomic E-state index is -0.129. The number of fused-ring (bicyclic) bond motifs is 1. The van der Waals surface area contributed by atoms with Gasteiger partial charge >= 0.3 is 0 Å². The van der Waals surface area contributed by atoms with E-state index in [0.717, 1.165) is 19.3 Å². The fourth-order valence-electron chi connectivity index (χ4n) is 2.95. The Balaban J connectivity index is 1.82. The summed E-state index contributed by atoms with van der Waals surface area (Å²) >= 11 is 0. The number of nitrogen functional groups attached to an aromatic ring is 2. The molecule has 1 aliphatic rings. The van der Waals surface area contributed by atoms with Gasteiger partial charge in [-0.1, -0.05) is 24.3 Å². The van der Waals surface area contributed by atoms with Crippen molar-refractivity contribution in [1.29, 1.82) is 0 Å². The zero-order chi connectivity index (χ0) is 14.8. The molecule has 0 fully saturated rings. The molecule has 0 bridgehead atoms. The smallest absolute Gasteiger partial charge is 0.251 e. The van der Waals surface area contributed by atoms with Gasteiger partial charge in [0.25, 0.3) is 5.91 Å². The molecular formula is C17H19N3O. The third-order valence-electron chi connectivity index (χ3n) is 3.91. The van der Waals surface area contributed by atoms with Crippen molar-refractivity contribution in [3.63, 3.8) is 0 Å². The van der Waals surface area contributed by atoms with Crippen LogP contribution in [0.15, 0.2) is 42.5 Å². The first-order valence-corrected chi connectivity index (χ1v) is 7.18. The van der Waals surface area contributed by atoms with Crippen LogP contribution in [0.4, 0.5) is 11.4 Å². The maximum absolute atomic E-state index is 12.4. The van der Waals surface area contributed by atoms with Crippen LogP contribution >= 0.6 is 0 Å². The summed E-state index contributed by atoms with van der Waals surface area (Å²) in [5, 5.41) is 3.10. The van der Waals surface area contributed by atoms with Crippen molar-refractivity contribution in [1.82, 2.24) is 5.32 Å². The second kappa shape index (κ2) is 5.48. The summed E-state index contributed by atoms with van der Waals surface area (Å²) in [6.07, 6.45) is 3.12. The Labute approximate surface area is 124 Å². The normalized spacial score (nSPS) is 17.0. The molecule has 0 saturated carbocycles. The van der Waals surface area contributed by atoms with Crippen LogP contribution in [0.2, 0.25) is 0 Å². The molecule has 0 aliphatic heterocycles. The van der Waals surface area contributed by atoms with Crippen molar-refractivity contribution in [2.75, 3.05) is 11.5 Å². The van der Waals surface area contributed by atoms with Gasteiger partial charge in [-0.05, 0) is 48.6 Å². The van der Waals surface area contributed by atoms with E-state index in [9.17, 15) is 4.79 Å². The van der Waals surface area contributed by atoms with Gasteiger partial charge in [0.15, 0.2) is 0 Å². The Hall–Kier alpha value is -2.49. The number of carbonyl (C=O) groups is 1. The van der Waals surface area contributed by atoms with Crippen molar-refractivity contribution in [3.05, 3.63) is 59.2 Å². The van der Waals surface area contributed by atoms with Gasteiger partial charge in [-0.15, -0.1) is 0 Å². The maximum atomic E-state index is 12.4. The number of rotatable bonds is 2. The lowest BCUT2D eigenvalue weighted by Crippen LogP contribution is -2.31. The van der Waals surface area contributed by atoms with Gasteiger partial charge in [-0.2, -0.15) is 0 Å². The Morgan fingerprint density at radius 1 is 1.10 bits per heavy atom. The van der Waals surface area contributed by atoms with E-state index in [-0.39, 0.29) is 11.9 Å². The van der Waals surface area contributed by atoms with Crippen molar-refractivity contribution in [2.24, 2.45) is 0 Å². The topological polar surface area (TPSA) is 81.1 Å². The quantitative estimate of drug-likeness (QED) is 0.740. The van der Waals surface area contributed by atoms with E-state index in [0.29, 0.717) is 16.9 Å². The van der Waals surface area contributed by atoms with Crippen LogP contribution in [0.3, 0.4) is 0 Å². The van der Waals surface area contributed by atoms with Crippen molar-refractivity contribution < 1.29 is 4.79 Å². The lowest BCUT2D eigenvalue weighted by atomic mass is 9.87. The molecule has 1 aliphatic carbocycles. The third kappa shape index (κ3) is 2.84. The Morgan fingerprint density at radius 3 is 2.57 bits per heavy atom. The minimum Gasteiger partial charge on any atom is -0.399 e. The molecule has 3 rings (SSSR count). The zero-order valence-electron chi connectivity index (χ0n) is 11.8. The summed E-state index contributed by atoms with van der Waals surface area (Å²) < 4.78 is 0. The van der Waals surface area contributed by atoms with E-state index in [4.69, 9.17) is 11.5 Å². The summed E-state index contributed by atoms with van der Waals surface area (Å²) in [7, 11) is 0. The molecule has 4 nitrogen and oxygen atoms in total. The number of aryl methyl sites for hydroxylation is 1. The maximum Gasteiger partial charge on any atom is 0.251 e. The van der Waals surface area contributed by atoms with Crippen molar-refractivity contribution in [2.45, 2.75) is 25.3 Å². The number of benzene rings is 2. The van der Waals surface area contributed by atoms with Crippen LogP contribution in [-0.4, -0.2) is 5.91 Å². The monoisotopic (exact) mass is 281 g/mol. The van der Waals surface area contributed by atoms with Gasteiger partial charge < -0.3 is 16.8 Å². The van der Waals surface area contributed by atoms with Crippen LogP contribution < -0.4 is 16.8 Å². The summed E-state index contributed by atoms with van der Waals surface area (Å²) in [5.41, 5.74) is 15.5. The second-order valence-electron chi connectivity index (χ2n) is 5.51. The largest absolute Gasteiger partial charge is 0.399 e. The zero-order valence-corrected chi connectivity index (χ0v) is 11.8. The number of nitrogens with two attached hydrogens (primary N) is 2. The summed E-state index contributed by atoms with van der Waals surface area (Å²) in [6, 6.07) is 13.3. The average molecular weight is 281 g/mol. The van der Waals surface area contributed by atoms with Crippen LogP contribution in [-0.2, 0) is 6.42 Å². The SMILES string of the molecule is Nc1cc(N)cc(C(=O)NC2CCCc3ccccc32)c1. The molecule has 0 saturated heterocycles. The molecule has 0 heterocycles. The molecule has 1 unspecified atom stereocenters. The number of anilines is 2. The van der Waals surface area contributed by atoms with Crippen LogP contribution in [0.25, 0.3) is 0 Å². The second-order valence-corrected chi connectivity index (χ2v) is 5.51. The molecular weight excluding hydrogens is 262 g/mol. The molecule has 0 radical (unpaired) electrons. The Morgan fingerprint density at radius 2 is 1.81 bits per heavy atom. The number of hydrogen-bond acceptors (Lipinski definition) is 3. The number of carbonyl (C=O) groups excluding carboxylic acids is 1. The Bertz CT molecular complexity index is 661. The van der Waals surface area contributed by atoms with Gasteiger partial charge in [-0.3, -0.25) is 4.79 Å². The molecule has 0 aromatic heterocycles. The van der Waals surface area contributed by atoms with Gasteiger partial charge in [-0.25, -0.2) is 0 Å². The molecule has 5 N–H and O–H groups in total. The van der Waals surface area contributed by atoms with Crippen LogP contribution in [0.5, 0.6) is 0 Å². The van der Waals surface area contributed by atoms with Crippen molar-refractivity contribution >= 4 is 17.3 Å². The van der Waals surface area contributed by atoms with E-state index in [1.807, 2.05) is 12.1 Å². The highest BCUT2D eigenvalue weighted by molar-refractivity contribution is 5.96. The van der Waals surface area contributed by atoms with Crippen molar-refractivity contribution in [3.8, 4) is 0 Å². The molecule has 108 valence electrons. The average Bonchev–Trinajstić information content (AvgIpc) is 2.46. The first kappa shape index (κ1) is 13.5. The van der Waals surface area contributed by atoms with E-state index in [1.165, 1.54) is 11.1 Å². The van der Waals surface area contributed by atoms with E-state index in [2.05, 4.69) is 17.4 Å². The van der Waals surface area contributed by atoms with E-state index >= 15 is 0 Å². The lowest BCUT2D eigenvalue weighted by molar-refractivity contribution is 0.0933. The molecule has 4 heteroatoms. The Kier molecular flexibility index (Phi) is 3.52. The fourth-order valence-corrected chi connectivity index (χ4v) is 2.95. The lowest BCUT2D eigenvalue weighted by Gasteiger charge is -2.26. The highest BCUT2D eigenvalue weighted by atomic mass is 16.1. The molecule has 1 amide bonds. The predicted octanol–water partition coefficient (Wildman–Crippen LogP) is 2.66. The van der Waals surface area contributed by atoms with E-state index < -0.39 is 0 Å². The minimum absolute atomic E-state index is 0.0603. The molecule has 21 heavy (non-hydrogen) atoms. The third-order valence-corrected chi connectivity index (χ3v) is 3.91. The fraction of sp³-hybridized carbons (Fsp3) is 0.235. The van der Waals surface area contributed by atoms with E-state index in [1.54, 1.807) is 18.2 Å². The molecule has 2 aromatic carbocycles.